The smallest absolute Gasteiger partial charge is 0.223 e. The minimum absolute atomic E-state index is 0.0786. The van der Waals surface area contributed by atoms with Crippen LogP contribution in [0.15, 0.2) is 100 Å². The van der Waals surface area contributed by atoms with E-state index in [1.807, 2.05) is 89.8 Å². The quantitative estimate of drug-likeness (QED) is 0.302. The number of halogens is 1. The van der Waals surface area contributed by atoms with E-state index < -0.39 is 0 Å². The van der Waals surface area contributed by atoms with Gasteiger partial charge in [0.15, 0.2) is 11.7 Å². The van der Waals surface area contributed by atoms with Crippen LogP contribution in [-0.2, 0) is 24.3 Å². The van der Waals surface area contributed by atoms with Crippen LogP contribution in [0.3, 0.4) is 0 Å². The summed E-state index contributed by atoms with van der Waals surface area (Å²) in [6, 6.07) is 28.0. The van der Waals surface area contributed by atoms with Gasteiger partial charge in [-0.15, -0.1) is 0 Å². The third kappa shape index (κ3) is 5.92. The number of hydrogen-bond donors (Lipinski definition) is 0. The van der Waals surface area contributed by atoms with Crippen LogP contribution in [0.2, 0.25) is 0 Å². The fourth-order valence-electron chi connectivity index (χ4n) is 3.41. The summed E-state index contributed by atoms with van der Waals surface area (Å²) in [5.74, 6) is 1.35. The van der Waals surface area contributed by atoms with Crippen molar-refractivity contribution in [3.63, 3.8) is 0 Å². The molecule has 31 heavy (non-hydrogen) atoms. The number of carbonyl (C=O) groups is 1. The van der Waals surface area contributed by atoms with Crippen molar-refractivity contribution in [1.82, 2.24) is 9.88 Å². The highest BCUT2D eigenvalue weighted by Crippen LogP contribution is 2.24. The highest BCUT2D eigenvalue weighted by atomic mass is 79.9. The molecule has 4 aromatic rings. The molecular formula is C26H23BrN2O2. The van der Waals surface area contributed by atoms with Crippen LogP contribution < -0.4 is 0 Å². The molecular weight excluding hydrogens is 452 g/mol. The Labute approximate surface area is 190 Å². The van der Waals surface area contributed by atoms with E-state index >= 15 is 0 Å². The molecule has 0 aliphatic carbocycles. The maximum Gasteiger partial charge on any atom is 0.223 e. The van der Waals surface area contributed by atoms with Crippen molar-refractivity contribution in [2.24, 2.45) is 0 Å². The van der Waals surface area contributed by atoms with E-state index in [9.17, 15) is 4.79 Å². The SMILES string of the molecule is O=C(CCc1ncc(-c2cccc(Br)c2)o1)N(Cc1ccccc1)Cc1ccccc1. The second-order valence-electron chi connectivity index (χ2n) is 7.35. The lowest BCUT2D eigenvalue weighted by Crippen LogP contribution is -2.30. The Balaban J connectivity index is 1.43. The third-order valence-electron chi connectivity index (χ3n) is 5.00. The highest BCUT2D eigenvalue weighted by molar-refractivity contribution is 9.10. The van der Waals surface area contributed by atoms with E-state index in [1.165, 1.54) is 0 Å². The van der Waals surface area contributed by atoms with Gasteiger partial charge in [-0.2, -0.15) is 0 Å². The number of carbonyl (C=O) groups excluding carboxylic acids is 1. The third-order valence-corrected chi connectivity index (χ3v) is 5.49. The van der Waals surface area contributed by atoms with Crippen molar-refractivity contribution in [1.29, 1.82) is 0 Å². The van der Waals surface area contributed by atoms with Crippen LogP contribution in [0, 0.1) is 0 Å². The zero-order valence-electron chi connectivity index (χ0n) is 17.1. The number of amides is 1. The second-order valence-corrected chi connectivity index (χ2v) is 8.27. The fourth-order valence-corrected chi connectivity index (χ4v) is 3.81. The molecule has 4 nitrogen and oxygen atoms in total. The summed E-state index contributed by atoms with van der Waals surface area (Å²) < 4.78 is 6.87. The minimum Gasteiger partial charge on any atom is -0.441 e. The summed E-state index contributed by atoms with van der Waals surface area (Å²) in [5, 5.41) is 0. The molecule has 1 aromatic heterocycles. The average Bonchev–Trinajstić information content (AvgIpc) is 3.28. The first-order valence-electron chi connectivity index (χ1n) is 10.2. The van der Waals surface area contributed by atoms with Crippen molar-refractivity contribution >= 4 is 21.8 Å². The molecule has 4 rings (SSSR count). The zero-order chi connectivity index (χ0) is 21.5. The van der Waals surface area contributed by atoms with Gasteiger partial charge in [0, 0.05) is 36.0 Å². The molecule has 3 aromatic carbocycles. The normalized spacial score (nSPS) is 10.7. The van der Waals surface area contributed by atoms with Crippen molar-refractivity contribution in [2.75, 3.05) is 0 Å². The van der Waals surface area contributed by atoms with E-state index in [4.69, 9.17) is 4.42 Å². The van der Waals surface area contributed by atoms with Gasteiger partial charge in [-0.3, -0.25) is 4.79 Å². The Morgan fingerprint density at radius 2 is 1.52 bits per heavy atom. The van der Waals surface area contributed by atoms with Gasteiger partial charge < -0.3 is 9.32 Å². The Bertz CT molecular complexity index is 1080. The van der Waals surface area contributed by atoms with Crippen LogP contribution in [0.25, 0.3) is 11.3 Å². The Morgan fingerprint density at radius 3 is 2.13 bits per heavy atom. The van der Waals surface area contributed by atoms with Crippen molar-refractivity contribution in [2.45, 2.75) is 25.9 Å². The number of oxazole rings is 1. The van der Waals surface area contributed by atoms with E-state index in [2.05, 4.69) is 20.9 Å². The molecule has 156 valence electrons. The molecule has 0 aliphatic heterocycles. The first kappa shape index (κ1) is 21.1. The van der Waals surface area contributed by atoms with Gasteiger partial charge in [0.25, 0.3) is 0 Å². The van der Waals surface area contributed by atoms with Crippen molar-refractivity contribution in [3.8, 4) is 11.3 Å². The highest BCUT2D eigenvalue weighted by Gasteiger charge is 2.16. The first-order chi connectivity index (χ1) is 15.2. The maximum atomic E-state index is 13.1. The van der Waals surface area contributed by atoms with Gasteiger partial charge in [-0.25, -0.2) is 4.98 Å². The average molecular weight is 475 g/mol. The van der Waals surface area contributed by atoms with Crippen LogP contribution in [-0.4, -0.2) is 15.8 Å². The van der Waals surface area contributed by atoms with E-state index in [0.29, 0.717) is 37.6 Å². The van der Waals surface area contributed by atoms with E-state index in [0.717, 1.165) is 21.2 Å². The van der Waals surface area contributed by atoms with Gasteiger partial charge in [-0.1, -0.05) is 88.7 Å². The van der Waals surface area contributed by atoms with Gasteiger partial charge in [0.2, 0.25) is 5.91 Å². The summed E-state index contributed by atoms with van der Waals surface area (Å²) in [7, 11) is 0. The predicted octanol–water partition coefficient (Wildman–Crippen LogP) is 6.27. The lowest BCUT2D eigenvalue weighted by molar-refractivity contribution is -0.132. The molecule has 0 spiro atoms. The number of nitrogens with zero attached hydrogens (tertiary/aromatic N) is 2. The van der Waals surface area contributed by atoms with Crippen LogP contribution in [0.4, 0.5) is 0 Å². The van der Waals surface area contributed by atoms with Gasteiger partial charge >= 0.3 is 0 Å². The van der Waals surface area contributed by atoms with Crippen LogP contribution in [0.5, 0.6) is 0 Å². The molecule has 0 N–H and O–H groups in total. The van der Waals surface area contributed by atoms with Crippen molar-refractivity contribution in [3.05, 3.63) is 113 Å². The molecule has 1 amide bonds. The predicted molar refractivity (Wildman–Crippen MR) is 125 cm³/mol. The Morgan fingerprint density at radius 1 is 0.871 bits per heavy atom. The summed E-state index contributed by atoms with van der Waals surface area (Å²) in [5.41, 5.74) is 3.17. The van der Waals surface area contributed by atoms with Gasteiger partial charge in [0.1, 0.15) is 0 Å². The number of rotatable bonds is 8. The Hall–Kier alpha value is -3.18. The number of aromatic nitrogens is 1. The molecule has 0 fully saturated rings. The van der Waals surface area contributed by atoms with E-state index in [-0.39, 0.29) is 5.91 Å². The Kier molecular flexibility index (Phi) is 6.95. The topological polar surface area (TPSA) is 46.3 Å². The molecule has 0 saturated heterocycles. The fraction of sp³-hybridized carbons (Fsp3) is 0.154. The lowest BCUT2D eigenvalue weighted by atomic mass is 10.1. The maximum absolute atomic E-state index is 13.1. The molecule has 0 atom stereocenters. The summed E-state index contributed by atoms with van der Waals surface area (Å²) in [4.78, 5) is 19.4. The molecule has 0 saturated carbocycles. The first-order valence-corrected chi connectivity index (χ1v) is 11.0. The molecule has 0 unspecified atom stereocenters. The summed E-state index contributed by atoms with van der Waals surface area (Å²) >= 11 is 3.47. The van der Waals surface area contributed by atoms with Crippen molar-refractivity contribution < 1.29 is 9.21 Å². The number of benzene rings is 3. The molecule has 1 heterocycles. The molecule has 0 bridgehead atoms. The standard InChI is InChI=1S/C26H23BrN2O2/c27-23-13-7-12-22(16-23)24-17-28-25(31-24)14-15-26(30)29(18-20-8-3-1-4-9-20)19-21-10-5-2-6-11-21/h1-13,16-17H,14-15,18-19H2. The summed E-state index contributed by atoms with van der Waals surface area (Å²) in [6.07, 6.45) is 2.53. The van der Waals surface area contributed by atoms with Gasteiger partial charge in [-0.05, 0) is 23.3 Å². The monoisotopic (exact) mass is 474 g/mol. The lowest BCUT2D eigenvalue weighted by Gasteiger charge is -2.23. The van der Waals surface area contributed by atoms with E-state index in [1.54, 1.807) is 6.20 Å². The molecule has 5 heteroatoms. The van der Waals surface area contributed by atoms with Crippen LogP contribution in [0.1, 0.15) is 23.4 Å². The zero-order valence-corrected chi connectivity index (χ0v) is 18.7. The number of aryl methyl sites for hydroxylation is 1. The minimum atomic E-state index is 0.0786. The summed E-state index contributed by atoms with van der Waals surface area (Å²) in [6.45, 7) is 1.15. The second kappa shape index (κ2) is 10.2. The van der Waals surface area contributed by atoms with Gasteiger partial charge in [0.05, 0.1) is 6.20 Å². The number of hydrogen-bond acceptors (Lipinski definition) is 3. The largest absolute Gasteiger partial charge is 0.441 e. The molecule has 0 radical (unpaired) electrons. The van der Waals surface area contributed by atoms with Crippen LogP contribution >= 0.6 is 15.9 Å². The molecule has 0 aliphatic rings.